The Labute approximate surface area is 118 Å². The molecule has 1 aromatic rings. The van der Waals surface area contributed by atoms with E-state index in [1.54, 1.807) is 0 Å². The van der Waals surface area contributed by atoms with Gasteiger partial charge in [0.1, 0.15) is 17.4 Å². The van der Waals surface area contributed by atoms with Gasteiger partial charge >= 0.3 is 0 Å². The highest BCUT2D eigenvalue weighted by Crippen LogP contribution is 2.34. The van der Waals surface area contributed by atoms with Crippen LogP contribution in [0.5, 0.6) is 5.75 Å². The third-order valence-electron chi connectivity index (χ3n) is 3.76. The summed E-state index contributed by atoms with van der Waals surface area (Å²) >= 11 is 0. The van der Waals surface area contributed by atoms with E-state index in [1.165, 1.54) is 19.2 Å². The van der Waals surface area contributed by atoms with Crippen molar-refractivity contribution in [2.75, 3.05) is 26.9 Å². The Morgan fingerprint density at radius 2 is 1.90 bits per heavy atom. The van der Waals surface area contributed by atoms with Gasteiger partial charge in [-0.3, -0.25) is 0 Å². The molecule has 1 atom stereocenters. The van der Waals surface area contributed by atoms with Crippen molar-refractivity contribution in [2.24, 2.45) is 5.92 Å². The molecule has 0 radical (unpaired) electrons. The Balaban J connectivity index is 2.33. The first-order valence-electron chi connectivity index (χ1n) is 7.01. The maximum absolute atomic E-state index is 14.2. The molecule has 20 heavy (non-hydrogen) atoms. The zero-order valence-electron chi connectivity index (χ0n) is 11.9. The fourth-order valence-electron chi connectivity index (χ4n) is 2.75. The van der Waals surface area contributed by atoms with Gasteiger partial charge in [-0.25, -0.2) is 8.78 Å². The molecule has 1 fully saturated rings. The highest BCUT2D eigenvalue weighted by molar-refractivity contribution is 5.33. The van der Waals surface area contributed by atoms with Gasteiger partial charge < -0.3 is 14.8 Å². The minimum Gasteiger partial charge on any atom is -0.497 e. The fourth-order valence-corrected chi connectivity index (χ4v) is 2.75. The van der Waals surface area contributed by atoms with Gasteiger partial charge in [-0.2, -0.15) is 0 Å². The summed E-state index contributed by atoms with van der Waals surface area (Å²) in [5.74, 6) is -0.731. The fraction of sp³-hybridized carbons (Fsp3) is 0.600. The Morgan fingerprint density at radius 1 is 1.30 bits per heavy atom. The molecule has 0 bridgehead atoms. The molecule has 0 amide bonds. The van der Waals surface area contributed by atoms with Crippen molar-refractivity contribution in [3.8, 4) is 5.75 Å². The second-order valence-corrected chi connectivity index (χ2v) is 4.99. The zero-order valence-corrected chi connectivity index (χ0v) is 11.9. The van der Waals surface area contributed by atoms with E-state index < -0.39 is 11.6 Å². The van der Waals surface area contributed by atoms with Crippen molar-refractivity contribution < 1.29 is 18.3 Å². The smallest absolute Gasteiger partial charge is 0.134 e. The summed E-state index contributed by atoms with van der Waals surface area (Å²) < 4.78 is 38.7. The Morgan fingerprint density at radius 3 is 2.40 bits per heavy atom. The predicted octanol–water partition coefficient (Wildman–Crippen LogP) is 3.05. The van der Waals surface area contributed by atoms with E-state index in [0.717, 1.165) is 12.8 Å². The van der Waals surface area contributed by atoms with E-state index in [1.807, 2.05) is 6.92 Å². The third kappa shape index (κ3) is 3.27. The molecule has 0 saturated carbocycles. The number of rotatable bonds is 5. The van der Waals surface area contributed by atoms with Crippen molar-refractivity contribution >= 4 is 0 Å². The summed E-state index contributed by atoms with van der Waals surface area (Å²) in [6.07, 6.45) is 1.62. The first-order valence-corrected chi connectivity index (χ1v) is 7.01. The number of nitrogens with one attached hydrogen (secondary N) is 1. The highest BCUT2D eigenvalue weighted by atomic mass is 19.1. The molecule has 112 valence electrons. The van der Waals surface area contributed by atoms with Crippen LogP contribution in [0.1, 0.15) is 31.4 Å². The first-order chi connectivity index (χ1) is 9.67. The van der Waals surface area contributed by atoms with Crippen LogP contribution in [0.4, 0.5) is 8.78 Å². The topological polar surface area (TPSA) is 30.5 Å². The van der Waals surface area contributed by atoms with Crippen molar-refractivity contribution in [2.45, 2.75) is 25.8 Å². The lowest BCUT2D eigenvalue weighted by molar-refractivity contribution is 0.0528. The van der Waals surface area contributed by atoms with Crippen LogP contribution in [0.3, 0.4) is 0 Å². The number of hydrogen-bond acceptors (Lipinski definition) is 3. The predicted molar refractivity (Wildman–Crippen MR) is 72.9 cm³/mol. The summed E-state index contributed by atoms with van der Waals surface area (Å²) in [7, 11) is 1.40. The Kier molecular flexibility index (Phi) is 5.31. The Bertz CT molecular complexity index is 424. The van der Waals surface area contributed by atoms with E-state index in [4.69, 9.17) is 9.47 Å². The lowest BCUT2D eigenvalue weighted by Gasteiger charge is -2.31. The maximum atomic E-state index is 14.2. The van der Waals surface area contributed by atoms with Crippen molar-refractivity contribution in [3.63, 3.8) is 0 Å². The summed E-state index contributed by atoms with van der Waals surface area (Å²) in [6, 6.07) is 2.15. The molecule has 1 aromatic carbocycles. The summed E-state index contributed by atoms with van der Waals surface area (Å²) in [5.41, 5.74) is 0.111. The minimum absolute atomic E-state index is 0.111. The average molecular weight is 285 g/mol. The lowest BCUT2D eigenvalue weighted by Crippen LogP contribution is -2.33. The minimum atomic E-state index is -0.556. The molecule has 1 unspecified atom stereocenters. The summed E-state index contributed by atoms with van der Waals surface area (Å²) in [6.45, 7) is 3.89. The van der Waals surface area contributed by atoms with Gasteiger partial charge in [-0.15, -0.1) is 0 Å². The lowest BCUT2D eigenvalue weighted by atomic mass is 9.86. The van der Waals surface area contributed by atoms with Crippen LogP contribution in [-0.2, 0) is 4.74 Å². The van der Waals surface area contributed by atoms with E-state index in [-0.39, 0.29) is 23.3 Å². The van der Waals surface area contributed by atoms with Gasteiger partial charge in [0, 0.05) is 37.0 Å². The number of methoxy groups -OCH3 is 1. The van der Waals surface area contributed by atoms with Crippen LogP contribution in [0.2, 0.25) is 0 Å². The number of ether oxygens (including phenoxy) is 2. The molecule has 3 nitrogen and oxygen atoms in total. The standard InChI is InChI=1S/C15H21F2NO2/c1-3-18-15(10-4-6-20-7-5-10)14-12(16)8-11(19-2)9-13(14)17/h8-10,15,18H,3-7H2,1-2H3. The van der Waals surface area contributed by atoms with E-state index in [0.29, 0.717) is 19.8 Å². The summed E-state index contributed by atoms with van der Waals surface area (Å²) in [5, 5.41) is 3.21. The normalized spacial score (nSPS) is 18.0. The second kappa shape index (κ2) is 6.99. The van der Waals surface area contributed by atoms with Crippen LogP contribution in [-0.4, -0.2) is 26.9 Å². The van der Waals surface area contributed by atoms with Crippen LogP contribution >= 0.6 is 0 Å². The van der Waals surface area contributed by atoms with Gasteiger partial charge in [0.25, 0.3) is 0 Å². The van der Waals surface area contributed by atoms with Crippen LogP contribution in [0.15, 0.2) is 12.1 Å². The molecule has 1 N–H and O–H groups in total. The molecule has 5 heteroatoms. The van der Waals surface area contributed by atoms with Gasteiger partial charge in [-0.1, -0.05) is 6.92 Å². The average Bonchev–Trinajstić information content (AvgIpc) is 2.46. The summed E-state index contributed by atoms with van der Waals surface area (Å²) in [4.78, 5) is 0. The number of hydrogen-bond donors (Lipinski definition) is 1. The molecule has 2 rings (SSSR count). The van der Waals surface area contributed by atoms with Gasteiger partial charge in [0.05, 0.1) is 7.11 Å². The first kappa shape index (κ1) is 15.2. The van der Waals surface area contributed by atoms with E-state index in [2.05, 4.69) is 5.32 Å². The second-order valence-electron chi connectivity index (χ2n) is 4.99. The molecular formula is C15H21F2NO2. The maximum Gasteiger partial charge on any atom is 0.134 e. The van der Waals surface area contributed by atoms with Crippen molar-refractivity contribution in [1.29, 1.82) is 0 Å². The quantitative estimate of drug-likeness (QED) is 0.902. The monoisotopic (exact) mass is 285 g/mol. The molecule has 1 heterocycles. The van der Waals surface area contributed by atoms with Crippen molar-refractivity contribution in [1.82, 2.24) is 5.32 Å². The van der Waals surface area contributed by atoms with E-state index >= 15 is 0 Å². The van der Waals surface area contributed by atoms with Crippen LogP contribution in [0, 0.1) is 17.6 Å². The molecule has 1 aliphatic rings. The van der Waals surface area contributed by atoms with Crippen LogP contribution in [0.25, 0.3) is 0 Å². The number of halogens is 2. The number of benzene rings is 1. The molecule has 0 aromatic heterocycles. The van der Waals surface area contributed by atoms with E-state index in [9.17, 15) is 8.78 Å². The molecule has 1 aliphatic heterocycles. The van der Waals surface area contributed by atoms with Gasteiger partial charge in [0.2, 0.25) is 0 Å². The molecular weight excluding hydrogens is 264 g/mol. The van der Waals surface area contributed by atoms with Crippen LogP contribution < -0.4 is 10.1 Å². The molecule has 1 saturated heterocycles. The van der Waals surface area contributed by atoms with Gasteiger partial charge in [0.15, 0.2) is 0 Å². The zero-order chi connectivity index (χ0) is 14.5. The molecule has 0 aliphatic carbocycles. The third-order valence-corrected chi connectivity index (χ3v) is 3.76. The Hall–Kier alpha value is -1.20. The molecule has 0 spiro atoms. The SMILES string of the molecule is CCNC(c1c(F)cc(OC)cc1F)C1CCOCC1. The van der Waals surface area contributed by atoms with Gasteiger partial charge in [-0.05, 0) is 25.3 Å². The highest BCUT2D eigenvalue weighted by Gasteiger charge is 2.29. The largest absolute Gasteiger partial charge is 0.497 e. The van der Waals surface area contributed by atoms with Crippen molar-refractivity contribution in [3.05, 3.63) is 29.3 Å².